The Morgan fingerprint density at radius 2 is 1.93 bits per heavy atom. The van der Waals surface area contributed by atoms with E-state index in [1.54, 1.807) is 0 Å². The molecule has 1 atom stereocenters. The van der Waals surface area contributed by atoms with Crippen LogP contribution in [0.15, 0.2) is 12.1 Å². The summed E-state index contributed by atoms with van der Waals surface area (Å²) in [7, 11) is 0. The fraction of sp³-hybridized carbons (Fsp3) is 0.692. The van der Waals surface area contributed by atoms with Crippen LogP contribution in [-0.4, -0.2) is 6.54 Å². The van der Waals surface area contributed by atoms with Crippen LogP contribution in [0.1, 0.15) is 43.4 Å². The average Bonchev–Trinajstić information content (AvgIpc) is 2.66. The summed E-state index contributed by atoms with van der Waals surface area (Å²) < 4.78 is 0. The Labute approximate surface area is 97.7 Å². The predicted molar refractivity (Wildman–Crippen MR) is 69.5 cm³/mol. The summed E-state index contributed by atoms with van der Waals surface area (Å²) in [6.07, 6.45) is 4.74. The molecular formula is C13H23NS. The third kappa shape index (κ3) is 3.62. The van der Waals surface area contributed by atoms with Crippen molar-refractivity contribution in [2.75, 3.05) is 6.54 Å². The Bertz CT molecular complexity index is 292. The smallest absolute Gasteiger partial charge is 0.00540 e. The molecule has 15 heavy (non-hydrogen) atoms. The predicted octanol–water partition coefficient (Wildman–Crippen LogP) is 3.62. The number of thiophene rings is 1. The SMILES string of the molecule is CCCC(C)(CN)Cc1ccc(CC)s1. The van der Waals surface area contributed by atoms with Crippen LogP contribution < -0.4 is 5.73 Å². The summed E-state index contributed by atoms with van der Waals surface area (Å²) in [4.78, 5) is 2.98. The van der Waals surface area contributed by atoms with Crippen molar-refractivity contribution in [3.63, 3.8) is 0 Å². The lowest BCUT2D eigenvalue weighted by Crippen LogP contribution is -2.29. The monoisotopic (exact) mass is 225 g/mol. The van der Waals surface area contributed by atoms with Gasteiger partial charge in [-0.1, -0.05) is 27.2 Å². The summed E-state index contributed by atoms with van der Waals surface area (Å²) in [6.45, 7) is 7.55. The van der Waals surface area contributed by atoms with Crippen molar-refractivity contribution in [2.45, 2.75) is 46.5 Å². The normalized spacial score (nSPS) is 15.2. The fourth-order valence-electron chi connectivity index (χ4n) is 1.99. The maximum atomic E-state index is 5.88. The van der Waals surface area contributed by atoms with Crippen LogP contribution in [0.3, 0.4) is 0 Å². The molecule has 0 radical (unpaired) electrons. The molecule has 1 heterocycles. The molecule has 0 aliphatic carbocycles. The quantitative estimate of drug-likeness (QED) is 0.786. The first-order valence-corrected chi connectivity index (χ1v) is 6.73. The molecule has 2 N–H and O–H groups in total. The Balaban J connectivity index is 2.65. The number of nitrogens with two attached hydrogens (primary N) is 1. The van der Waals surface area contributed by atoms with Gasteiger partial charge >= 0.3 is 0 Å². The van der Waals surface area contributed by atoms with Crippen molar-refractivity contribution < 1.29 is 0 Å². The average molecular weight is 225 g/mol. The third-order valence-corrected chi connectivity index (χ3v) is 4.24. The second-order valence-corrected chi connectivity index (χ2v) is 5.92. The zero-order valence-corrected chi connectivity index (χ0v) is 11.0. The summed E-state index contributed by atoms with van der Waals surface area (Å²) in [5.74, 6) is 0. The van der Waals surface area contributed by atoms with Gasteiger partial charge in [0.25, 0.3) is 0 Å². The van der Waals surface area contributed by atoms with E-state index < -0.39 is 0 Å². The Morgan fingerprint density at radius 3 is 2.40 bits per heavy atom. The highest BCUT2D eigenvalue weighted by molar-refractivity contribution is 7.11. The molecule has 0 aromatic carbocycles. The van der Waals surface area contributed by atoms with E-state index in [1.165, 1.54) is 22.6 Å². The van der Waals surface area contributed by atoms with E-state index in [2.05, 4.69) is 32.9 Å². The second kappa shape index (κ2) is 5.66. The van der Waals surface area contributed by atoms with Crippen molar-refractivity contribution >= 4 is 11.3 Å². The van der Waals surface area contributed by atoms with Crippen LogP contribution in [0, 0.1) is 5.41 Å². The minimum atomic E-state index is 0.296. The lowest BCUT2D eigenvalue weighted by molar-refractivity contribution is 0.305. The van der Waals surface area contributed by atoms with Gasteiger partial charge in [-0.25, -0.2) is 0 Å². The number of aryl methyl sites for hydroxylation is 1. The lowest BCUT2D eigenvalue weighted by atomic mass is 9.82. The number of hydrogen-bond acceptors (Lipinski definition) is 2. The van der Waals surface area contributed by atoms with E-state index in [1.807, 2.05) is 11.3 Å². The summed E-state index contributed by atoms with van der Waals surface area (Å²) in [5, 5.41) is 0. The molecule has 2 heteroatoms. The van der Waals surface area contributed by atoms with Crippen molar-refractivity contribution in [1.82, 2.24) is 0 Å². The van der Waals surface area contributed by atoms with E-state index in [9.17, 15) is 0 Å². The van der Waals surface area contributed by atoms with Crippen molar-refractivity contribution in [2.24, 2.45) is 11.1 Å². The van der Waals surface area contributed by atoms with Gasteiger partial charge in [0.15, 0.2) is 0 Å². The van der Waals surface area contributed by atoms with Gasteiger partial charge in [-0.2, -0.15) is 0 Å². The van der Waals surface area contributed by atoms with Crippen molar-refractivity contribution in [1.29, 1.82) is 0 Å². The molecule has 86 valence electrons. The van der Waals surface area contributed by atoms with Gasteiger partial charge in [0.2, 0.25) is 0 Å². The molecule has 0 spiro atoms. The Kier molecular flexibility index (Phi) is 4.81. The van der Waals surface area contributed by atoms with Crippen LogP contribution in [-0.2, 0) is 12.8 Å². The fourth-order valence-corrected chi connectivity index (χ4v) is 3.17. The van der Waals surface area contributed by atoms with Crippen LogP contribution in [0.2, 0.25) is 0 Å². The van der Waals surface area contributed by atoms with E-state index in [4.69, 9.17) is 5.73 Å². The summed E-state index contributed by atoms with van der Waals surface area (Å²) in [6, 6.07) is 4.52. The molecule has 0 amide bonds. The van der Waals surface area contributed by atoms with E-state index in [0.717, 1.165) is 19.4 Å². The third-order valence-electron chi connectivity index (χ3n) is 3.01. The van der Waals surface area contributed by atoms with Gasteiger partial charge in [-0.05, 0) is 43.4 Å². The van der Waals surface area contributed by atoms with E-state index >= 15 is 0 Å². The van der Waals surface area contributed by atoms with Crippen LogP contribution >= 0.6 is 11.3 Å². The second-order valence-electron chi connectivity index (χ2n) is 4.66. The van der Waals surface area contributed by atoms with Crippen molar-refractivity contribution in [3.05, 3.63) is 21.9 Å². The first-order valence-electron chi connectivity index (χ1n) is 5.91. The molecule has 1 aromatic rings. The van der Waals surface area contributed by atoms with Crippen LogP contribution in [0.4, 0.5) is 0 Å². The molecule has 0 aliphatic heterocycles. The van der Waals surface area contributed by atoms with Gasteiger partial charge in [-0.3, -0.25) is 0 Å². The maximum Gasteiger partial charge on any atom is 0.00540 e. The van der Waals surface area contributed by atoms with Crippen LogP contribution in [0.25, 0.3) is 0 Å². The molecule has 1 rings (SSSR count). The molecule has 0 bridgehead atoms. The first kappa shape index (κ1) is 12.7. The molecule has 1 nitrogen and oxygen atoms in total. The molecular weight excluding hydrogens is 202 g/mol. The standard InChI is InChI=1S/C13H23NS/c1-4-8-13(3,10-14)9-12-7-6-11(5-2)15-12/h6-7H,4-5,8-10,14H2,1-3H3. The van der Waals surface area contributed by atoms with Gasteiger partial charge in [0, 0.05) is 9.75 Å². The van der Waals surface area contributed by atoms with E-state index in [-0.39, 0.29) is 0 Å². The highest BCUT2D eigenvalue weighted by Crippen LogP contribution is 2.30. The largest absolute Gasteiger partial charge is 0.330 e. The Morgan fingerprint density at radius 1 is 1.27 bits per heavy atom. The van der Waals surface area contributed by atoms with Gasteiger partial charge < -0.3 is 5.73 Å². The maximum absolute atomic E-state index is 5.88. The number of rotatable bonds is 6. The minimum Gasteiger partial charge on any atom is -0.330 e. The minimum absolute atomic E-state index is 0.296. The summed E-state index contributed by atoms with van der Waals surface area (Å²) in [5.41, 5.74) is 6.18. The highest BCUT2D eigenvalue weighted by atomic mass is 32.1. The lowest BCUT2D eigenvalue weighted by Gasteiger charge is -2.26. The van der Waals surface area contributed by atoms with Gasteiger partial charge in [0.1, 0.15) is 0 Å². The van der Waals surface area contributed by atoms with Gasteiger partial charge in [-0.15, -0.1) is 11.3 Å². The molecule has 0 fully saturated rings. The van der Waals surface area contributed by atoms with Crippen LogP contribution in [0.5, 0.6) is 0 Å². The van der Waals surface area contributed by atoms with E-state index in [0.29, 0.717) is 5.41 Å². The Hall–Kier alpha value is -0.340. The molecule has 0 saturated heterocycles. The topological polar surface area (TPSA) is 26.0 Å². The highest BCUT2D eigenvalue weighted by Gasteiger charge is 2.22. The zero-order chi connectivity index (χ0) is 11.3. The zero-order valence-electron chi connectivity index (χ0n) is 10.2. The van der Waals surface area contributed by atoms with Gasteiger partial charge in [0.05, 0.1) is 0 Å². The molecule has 0 aliphatic rings. The molecule has 1 unspecified atom stereocenters. The first-order chi connectivity index (χ1) is 7.13. The van der Waals surface area contributed by atoms with Crippen molar-refractivity contribution in [3.8, 4) is 0 Å². The molecule has 0 saturated carbocycles. The number of hydrogen-bond donors (Lipinski definition) is 1. The summed E-state index contributed by atoms with van der Waals surface area (Å²) >= 11 is 1.95. The molecule has 1 aromatic heterocycles.